The van der Waals surface area contributed by atoms with Crippen LogP contribution in [0.25, 0.3) is 0 Å². The van der Waals surface area contributed by atoms with E-state index < -0.39 is 0 Å². The molecule has 2 N–H and O–H groups in total. The van der Waals surface area contributed by atoms with Crippen molar-refractivity contribution < 1.29 is 0 Å². The van der Waals surface area contributed by atoms with Crippen LogP contribution in [0.15, 0.2) is 18.2 Å². The van der Waals surface area contributed by atoms with E-state index in [-0.39, 0.29) is 5.41 Å². The number of anilines is 1. The van der Waals surface area contributed by atoms with Crippen LogP contribution in [0, 0.1) is 16.7 Å². The van der Waals surface area contributed by atoms with Gasteiger partial charge in [0.2, 0.25) is 0 Å². The SMILES string of the molecule is CC(C)(C#N)CCCCN1CCc2c(N)cccc2C1. The number of nitrogens with zero attached hydrogens (tertiary/aromatic N) is 2. The first kappa shape index (κ1) is 14.9. The van der Waals surface area contributed by atoms with E-state index in [1.165, 1.54) is 17.5 Å². The molecule has 0 atom stereocenters. The van der Waals surface area contributed by atoms with E-state index in [1.807, 2.05) is 26.0 Å². The first-order valence-electron chi connectivity index (χ1n) is 7.52. The molecule has 1 aromatic carbocycles. The van der Waals surface area contributed by atoms with Crippen molar-refractivity contribution in [2.75, 3.05) is 18.8 Å². The topological polar surface area (TPSA) is 53.0 Å². The number of fused-ring (bicyclic) bond motifs is 1. The van der Waals surface area contributed by atoms with Crippen molar-refractivity contribution in [1.82, 2.24) is 4.90 Å². The summed E-state index contributed by atoms with van der Waals surface area (Å²) < 4.78 is 0. The monoisotopic (exact) mass is 271 g/mol. The van der Waals surface area contributed by atoms with Crippen molar-refractivity contribution in [3.05, 3.63) is 29.3 Å². The van der Waals surface area contributed by atoms with Crippen molar-refractivity contribution in [1.29, 1.82) is 5.26 Å². The smallest absolute Gasteiger partial charge is 0.0683 e. The molecule has 3 nitrogen and oxygen atoms in total. The van der Waals surface area contributed by atoms with Gasteiger partial charge in [0.05, 0.1) is 11.5 Å². The molecule has 0 saturated heterocycles. The molecule has 0 fully saturated rings. The van der Waals surface area contributed by atoms with E-state index in [2.05, 4.69) is 17.0 Å². The molecule has 0 unspecified atom stereocenters. The molecule has 0 saturated carbocycles. The van der Waals surface area contributed by atoms with Gasteiger partial charge in [0.25, 0.3) is 0 Å². The molecule has 0 radical (unpaired) electrons. The molecule has 1 aromatic rings. The fourth-order valence-corrected chi connectivity index (χ4v) is 2.85. The van der Waals surface area contributed by atoms with Crippen LogP contribution in [0.1, 0.15) is 44.2 Å². The van der Waals surface area contributed by atoms with Crippen LogP contribution in [-0.4, -0.2) is 18.0 Å². The quantitative estimate of drug-likeness (QED) is 0.660. The fourth-order valence-electron chi connectivity index (χ4n) is 2.85. The Labute approximate surface area is 122 Å². The van der Waals surface area contributed by atoms with Crippen LogP contribution in [0.5, 0.6) is 0 Å². The summed E-state index contributed by atoms with van der Waals surface area (Å²) in [7, 11) is 0. The molecule has 1 heterocycles. The van der Waals surface area contributed by atoms with Gasteiger partial charge >= 0.3 is 0 Å². The Bertz CT molecular complexity index is 499. The number of nitrogen functional groups attached to an aromatic ring is 1. The molecule has 0 bridgehead atoms. The first-order chi connectivity index (χ1) is 9.52. The number of benzene rings is 1. The fraction of sp³-hybridized carbons (Fsp3) is 0.588. The predicted molar refractivity (Wildman–Crippen MR) is 83.1 cm³/mol. The molecular formula is C17H25N3. The molecule has 3 heteroatoms. The van der Waals surface area contributed by atoms with Gasteiger partial charge in [-0.2, -0.15) is 5.26 Å². The summed E-state index contributed by atoms with van der Waals surface area (Å²) in [5.41, 5.74) is 9.51. The molecule has 20 heavy (non-hydrogen) atoms. The second kappa shape index (κ2) is 6.28. The largest absolute Gasteiger partial charge is 0.398 e. The van der Waals surface area contributed by atoms with E-state index in [0.29, 0.717) is 0 Å². The highest BCUT2D eigenvalue weighted by molar-refractivity contribution is 5.51. The summed E-state index contributed by atoms with van der Waals surface area (Å²) in [5, 5.41) is 9.01. The van der Waals surface area contributed by atoms with Gasteiger partial charge in [-0.25, -0.2) is 0 Å². The van der Waals surface area contributed by atoms with Crippen LogP contribution >= 0.6 is 0 Å². The van der Waals surface area contributed by atoms with Crippen LogP contribution in [-0.2, 0) is 13.0 Å². The second-order valence-electron chi connectivity index (χ2n) is 6.46. The van der Waals surface area contributed by atoms with Gasteiger partial charge in [-0.15, -0.1) is 0 Å². The van der Waals surface area contributed by atoms with Crippen molar-refractivity contribution in [3.8, 4) is 6.07 Å². The maximum absolute atomic E-state index is 9.01. The normalized spacial score (nSPS) is 15.7. The maximum Gasteiger partial charge on any atom is 0.0683 e. The van der Waals surface area contributed by atoms with Crippen LogP contribution < -0.4 is 5.73 Å². The van der Waals surface area contributed by atoms with Crippen molar-refractivity contribution in [2.45, 2.75) is 46.1 Å². The molecule has 1 aliphatic rings. The number of rotatable bonds is 5. The lowest BCUT2D eigenvalue weighted by Gasteiger charge is -2.29. The Balaban J connectivity index is 1.79. The van der Waals surface area contributed by atoms with Crippen LogP contribution in [0.2, 0.25) is 0 Å². The van der Waals surface area contributed by atoms with Crippen molar-refractivity contribution in [2.24, 2.45) is 5.41 Å². The molecule has 108 valence electrons. The summed E-state index contributed by atoms with van der Waals surface area (Å²) in [5.74, 6) is 0. The van der Waals surface area contributed by atoms with Gasteiger partial charge in [0.15, 0.2) is 0 Å². The first-order valence-corrected chi connectivity index (χ1v) is 7.52. The Hall–Kier alpha value is -1.53. The number of hydrogen-bond donors (Lipinski definition) is 1. The number of unbranched alkanes of at least 4 members (excludes halogenated alkanes) is 1. The van der Waals surface area contributed by atoms with Crippen molar-refractivity contribution >= 4 is 5.69 Å². The lowest BCUT2D eigenvalue weighted by atomic mass is 9.89. The number of nitrogens with two attached hydrogens (primary N) is 1. The molecule has 0 aromatic heterocycles. The number of hydrogen-bond acceptors (Lipinski definition) is 3. The Morgan fingerprint density at radius 3 is 2.90 bits per heavy atom. The Morgan fingerprint density at radius 2 is 2.15 bits per heavy atom. The summed E-state index contributed by atoms with van der Waals surface area (Å²) in [4.78, 5) is 2.50. The minimum Gasteiger partial charge on any atom is -0.398 e. The highest BCUT2D eigenvalue weighted by atomic mass is 15.1. The Kier molecular flexibility index (Phi) is 4.67. The second-order valence-corrected chi connectivity index (χ2v) is 6.46. The van der Waals surface area contributed by atoms with E-state index in [4.69, 9.17) is 11.0 Å². The highest BCUT2D eigenvalue weighted by Gasteiger charge is 2.19. The zero-order chi connectivity index (χ0) is 14.6. The van der Waals surface area contributed by atoms with E-state index >= 15 is 0 Å². The molecule has 1 aliphatic heterocycles. The van der Waals surface area contributed by atoms with E-state index in [1.54, 1.807) is 0 Å². The van der Waals surface area contributed by atoms with E-state index in [9.17, 15) is 0 Å². The molecule has 0 amide bonds. The average Bonchev–Trinajstić information content (AvgIpc) is 2.44. The summed E-state index contributed by atoms with van der Waals surface area (Å²) in [6.45, 7) is 7.28. The molecule has 2 rings (SSSR count). The highest BCUT2D eigenvalue weighted by Crippen LogP contribution is 2.25. The van der Waals surface area contributed by atoms with Gasteiger partial charge in [-0.1, -0.05) is 18.6 Å². The van der Waals surface area contributed by atoms with Gasteiger partial charge in [0, 0.05) is 18.8 Å². The van der Waals surface area contributed by atoms with Crippen LogP contribution in [0.4, 0.5) is 5.69 Å². The minimum absolute atomic E-state index is 0.178. The predicted octanol–water partition coefficient (Wildman–Crippen LogP) is 3.35. The minimum atomic E-state index is -0.178. The van der Waals surface area contributed by atoms with Crippen molar-refractivity contribution in [3.63, 3.8) is 0 Å². The average molecular weight is 271 g/mol. The third-order valence-electron chi connectivity index (χ3n) is 4.21. The zero-order valence-electron chi connectivity index (χ0n) is 12.7. The van der Waals surface area contributed by atoms with Gasteiger partial charge < -0.3 is 5.73 Å². The molecular weight excluding hydrogens is 246 g/mol. The lowest BCUT2D eigenvalue weighted by Crippen LogP contribution is -2.31. The summed E-state index contributed by atoms with van der Waals surface area (Å²) >= 11 is 0. The third kappa shape index (κ3) is 3.74. The zero-order valence-corrected chi connectivity index (χ0v) is 12.7. The third-order valence-corrected chi connectivity index (χ3v) is 4.21. The molecule has 0 aliphatic carbocycles. The standard InChI is InChI=1S/C17H25N3/c1-17(2,13-18)9-3-4-10-20-11-8-15-14(12-20)6-5-7-16(15)19/h5-7H,3-4,8-12,19H2,1-2H3. The number of nitriles is 1. The maximum atomic E-state index is 9.01. The van der Waals surface area contributed by atoms with Gasteiger partial charge in [-0.3, -0.25) is 4.90 Å². The van der Waals surface area contributed by atoms with Gasteiger partial charge in [-0.05, 0) is 56.8 Å². The van der Waals surface area contributed by atoms with Crippen LogP contribution in [0.3, 0.4) is 0 Å². The van der Waals surface area contributed by atoms with E-state index in [0.717, 1.165) is 44.6 Å². The Morgan fingerprint density at radius 1 is 1.35 bits per heavy atom. The summed E-state index contributed by atoms with van der Waals surface area (Å²) in [6.07, 6.45) is 4.34. The van der Waals surface area contributed by atoms with Gasteiger partial charge in [0.1, 0.15) is 0 Å². The summed E-state index contributed by atoms with van der Waals surface area (Å²) in [6, 6.07) is 8.61. The molecule has 0 spiro atoms. The lowest BCUT2D eigenvalue weighted by molar-refractivity contribution is 0.244.